The summed E-state index contributed by atoms with van der Waals surface area (Å²) < 4.78 is 14.4. The van der Waals surface area contributed by atoms with Gasteiger partial charge in [-0.15, -0.1) is 0 Å². The molecular formula is C28H23ClFN5OS. The minimum absolute atomic E-state index is 0.141. The first-order valence-corrected chi connectivity index (χ1v) is 13.2. The predicted octanol–water partition coefficient (Wildman–Crippen LogP) is 6.11. The fourth-order valence-corrected chi connectivity index (χ4v) is 5.49. The van der Waals surface area contributed by atoms with Gasteiger partial charge in [0.25, 0.3) is 5.91 Å². The van der Waals surface area contributed by atoms with Gasteiger partial charge in [-0.25, -0.2) is 14.4 Å². The van der Waals surface area contributed by atoms with Crippen molar-refractivity contribution < 1.29 is 9.18 Å². The molecule has 1 fully saturated rings. The lowest BCUT2D eigenvalue weighted by Gasteiger charge is -2.35. The highest BCUT2D eigenvalue weighted by molar-refractivity contribution is 8.06. The van der Waals surface area contributed by atoms with Crippen molar-refractivity contribution in [3.05, 3.63) is 87.7 Å². The minimum atomic E-state index is -0.352. The summed E-state index contributed by atoms with van der Waals surface area (Å²) in [6.07, 6.45) is 9.14. The quantitative estimate of drug-likeness (QED) is 0.298. The van der Waals surface area contributed by atoms with Crippen LogP contribution in [0.1, 0.15) is 12.8 Å². The van der Waals surface area contributed by atoms with Crippen LogP contribution in [0.5, 0.6) is 0 Å². The predicted molar refractivity (Wildman–Crippen MR) is 146 cm³/mol. The number of nitrogens with zero attached hydrogens (tertiary/aromatic N) is 5. The second-order valence-electron chi connectivity index (χ2n) is 8.65. The molecule has 0 spiro atoms. The monoisotopic (exact) mass is 531 g/mol. The largest absolute Gasteiger partial charge is 0.352 e. The van der Waals surface area contributed by atoms with Gasteiger partial charge in [-0.05, 0) is 42.5 Å². The van der Waals surface area contributed by atoms with Crippen molar-refractivity contribution in [3.8, 4) is 17.2 Å². The van der Waals surface area contributed by atoms with E-state index in [1.54, 1.807) is 41.3 Å². The van der Waals surface area contributed by atoms with Gasteiger partial charge >= 0.3 is 0 Å². The highest BCUT2D eigenvalue weighted by atomic mass is 35.5. The van der Waals surface area contributed by atoms with Crippen LogP contribution in [0.2, 0.25) is 5.02 Å². The molecule has 0 unspecified atom stereocenters. The van der Waals surface area contributed by atoms with E-state index in [0.29, 0.717) is 53.7 Å². The molecule has 0 radical (unpaired) electrons. The fraction of sp³-hybridized carbons (Fsp3) is 0.214. The molecule has 1 saturated heterocycles. The summed E-state index contributed by atoms with van der Waals surface area (Å²) in [6, 6.07) is 12.1. The smallest absolute Gasteiger partial charge is 0.264 e. The van der Waals surface area contributed by atoms with Crippen molar-refractivity contribution in [2.75, 3.05) is 31.1 Å². The molecule has 5 rings (SSSR count). The maximum absolute atomic E-state index is 14.4. The van der Waals surface area contributed by atoms with Crippen LogP contribution >= 0.6 is 23.4 Å². The van der Waals surface area contributed by atoms with E-state index in [1.807, 2.05) is 5.41 Å². The van der Waals surface area contributed by atoms with Crippen molar-refractivity contribution >= 4 is 46.0 Å². The van der Waals surface area contributed by atoms with Crippen LogP contribution in [0.4, 0.5) is 10.2 Å². The average molecular weight is 532 g/mol. The van der Waals surface area contributed by atoms with E-state index in [4.69, 9.17) is 11.6 Å². The number of aromatic nitrogens is 2. The molecule has 0 atom stereocenters. The third-order valence-corrected chi connectivity index (χ3v) is 7.55. The Bertz CT molecular complexity index is 1490. The molecular weight excluding hydrogens is 509 g/mol. The van der Waals surface area contributed by atoms with Crippen molar-refractivity contribution in [1.29, 1.82) is 5.26 Å². The number of fused-ring (bicyclic) bond motifs is 1. The number of anilines is 1. The number of carbonyl (C=O) groups excluding carboxylic acids is 1. The number of carbonyl (C=O) groups is 1. The summed E-state index contributed by atoms with van der Waals surface area (Å²) in [7, 11) is 0. The molecule has 186 valence electrons. The maximum atomic E-state index is 14.4. The van der Waals surface area contributed by atoms with Gasteiger partial charge < -0.3 is 9.80 Å². The van der Waals surface area contributed by atoms with Crippen LogP contribution in [0.15, 0.2) is 76.8 Å². The number of nitriles is 1. The molecule has 2 aliphatic rings. The van der Waals surface area contributed by atoms with E-state index in [0.717, 1.165) is 23.1 Å². The Morgan fingerprint density at radius 2 is 1.92 bits per heavy atom. The van der Waals surface area contributed by atoms with E-state index < -0.39 is 0 Å². The van der Waals surface area contributed by atoms with Gasteiger partial charge in [0.1, 0.15) is 29.6 Å². The second kappa shape index (κ2) is 11.2. The lowest BCUT2D eigenvalue weighted by Crippen LogP contribution is -2.49. The minimum Gasteiger partial charge on any atom is -0.352 e. The number of thioether (sulfide) groups is 1. The van der Waals surface area contributed by atoms with Gasteiger partial charge in [0.2, 0.25) is 0 Å². The number of benzene rings is 2. The summed E-state index contributed by atoms with van der Waals surface area (Å²) in [5.74, 6) is 0.0962. The first kappa shape index (κ1) is 25.0. The Balaban J connectivity index is 1.34. The maximum Gasteiger partial charge on any atom is 0.264 e. The molecule has 0 bridgehead atoms. The Morgan fingerprint density at radius 3 is 2.70 bits per heavy atom. The molecule has 0 N–H and O–H groups in total. The number of amides is 1. The highest BCUT2D eigenvalue weighted by Gasteiger charge is 2.26. The van der Waals surface area contributed by atoms with Crippen molar-refractivity contribution in [2.45, 2.75) is 12.8 Å². The summed E-state index contributed by atoms with van der Waals surface area (Å²) in [5.41, 5.74) is 1.78. The highest BCUT2D eigenvalue weighted by Crippen LogP contribution is 2.35. The van der Waals surface area contributed by atoms with Crippen molar-refractivity contribution in [1.82, 2.24) is 14.9 Å². The van der Waals surface area contributed by atoms with Crippen LogP contribution < -0.4 is 4.90 Å². The van der Waals surface area contributed by atoms with Crippen LogP contribution in [-0.2, 0) is 4.79 Å². The molecule has 0 aliphatic carbocycles. The Labute approximate surface area is 223 Å². The normalized spacial score (nSPS) is 16.4. The molecule has 1 aromatic heterocycles. The molecule has 6 nitrogen and oxygen atoms in total. The van der Waals surface area contributed by atoms with Gasteiger partial charge in [0.15, 0.2) is 0 Å². The molecule has 1 amide bonds. The van der Waals surface area contributed by atoms with Crippen LogP contribution in [-0.4, -0.2) is 47.0 Å². The lowest BCUT2D eigenvalue weighted by atomic mass is 10.0. The Morgan fingerprint density at radius 1 is 1.11 bits per heavy atom. The Kier molecular flexibility index (Phi) is 7.54. The van der Waals surface area contributed by atoms with Gasteiger partial charge in [-0.3, -0.25) is 4.79 Å². The molecule has 0 saturated carbocycles. The standard InChI is InChI=1S/C28H23ClFN5OS/c29-24-15-23-26(16-22(24)21-7-3-4-8-25(21)30)32-18-33-27(23)34-9-11-35(12-10-34)28(36)19(17-31)14-20-6-2-1-5-13-37-20/h3-8,13-16,18H,1-2,9-12H2/b19-14+. The molecule has 2 aromatic carbocycles. The zero-order valence-electron chi connectivity index (χ0n) is 19.9. The van der Waals surface area contributed by atoms with Crippen LogP contribution in [0.3, 0.4) is 0 Å². The molecule has 9 heteroatoms. The SMILES string of the molecule is N#C/C(=C\C1=CCCC=CS1)C(=O)N1CCN(c2ncnc3cc(-c4ccccc4F)c(Cl)cc23)CC1. The van der Waals surface area contributed by atoms with E-state index in [-0.39, 0.29) is 17.3 Å². The topological polar surface area (TPSA) is 73.1 Å². The van der Waals surface area contributed by atoms with Crippen molar-refractivity contribution in [2.24, 2.45) is 0 Å². The molecule has 3 aromatic rings. The zero-order valence-corrected chi connectivity index (χ0v) is 21.5. The van der Waals surface area contributed by atoms with E-state index in [9.17, 15) is 14.4 Å². The zero-order chi connectivity index (χ0) is 25.8. The number of hydrogen-bond acceptors (Lipinski definition) is 6. The van der Waals surface area contributed by atoms with E-state index in [1.165, 1.54) is 24.2 Å². The van der Waals surface area contributed by atoms with Gasteiger partial charge in [-0.1, -0.05) is 53.7 Å². The van der Waals surface area contributed by atoms with Crippen molar-refractivity contribution in [3.63, 3.8) is 0 Å². The van der Waals surface area contributed by atoms with E-state index in [2.05, 4.69) is 33.1 Å². The first-order chi connectivity index (χ1) is 18.0. The lowest BCUT2D eigenvalue weighted by molar-refractivity contribution is -0.127. The van der Waals surface area contributed by atoms with Gasteiger partial charge in [0, 0.05) is 52.6 Å². The number of halogens is 2. The van der Waals surface area contributed by atoms with Crippen LogP contribution in [0, 0.1) is 17.1 Å². The molecule has 37 heavy (non-hydrogen) atoms. The average Bonchev–Trinajstić information content (AvgIpc) is 3.20. The van der Waals surface area contributed by atoms with E-state index >= 15 is 0 Å². The third kappa shape index (κ3) is 5.38. The summed E-state index contributed by atoms with van der Waals surface area (Å²) in [6.45, 7) is 2.00. The van der Waals surface area contributed by atoms with Gasteiger partial charge in [0.05, 0.1) is 5.52 Å². The fourth-order valence-electron chi connectivity index (χ4n) is 4.43. The van der Waals surface area contributed by atoms with Gasteiger partial charge in [-0.2, -0.15) is 5.26 Å². The summed E-state index contributed by atoms with van der Waals surface area (Å²) >= 11 is 8.11. The first-order valence-electron chi connectivity index (χ1n) is 11.9. The summed E-state index contributed by atoms with van der Waals surface area (Å²) in [4.78, 5) is 26.7. The summed E-state index contributed by atoms with van der Waals surface area (Å²) in [5, 5.41) is 12.8. The molecule has 3 heterocycles. The number of piperazine rings is 1. The number of allylic oxidation sites excluding steroid dienone is 3. The number of rotatable bonds is 4. The van der Waals surface area contributed by atoms with Crippen LogP contribution in [0.25, 0.3) is 22.0 Å². The molecule has 2 aliphatic heterocycles. The second-order valence-corrected chi connectivity index (χ2v) is 10.0. The number of hydrogen-bond donors (Lipinski definition) is 0. The Hall–Kier alpha value is -3.67. The third-order valence-electron chi connectivity index (χ3n) is 6.35.